The largest absolute Gasteiger partial charge is 0.462 e. The Balaban J connectivity index is 2.79. The van der Waals surface area contributed by atoms with E-state index in [1.54, 1.807) is 0 Å². The van der Waals surface area contributed by atoms with Gasteiger partial charge in [0.05, 0.1) is 12.2 Å². The standard InChI is InChI=1S/C16H25NO2/c1-12(2)10-11-19-16(18)15-9-7-6-8-14(15)13(3)17(4)5/h6-9,12-13H,10-11H2,1-5H3. The summed E-state index contributed by atoms with van der Waals surface area (Å²) < 4.78 is 5.35. The summed E-state index contributed by atoms with van der Waals surface area (Å²) in [5, 5.41) is 0. The average Bonchev–Trinajstić information content (AvgIpc) is 2.37. The molecule has 0 radical (unpaired) electrons. The molecule has 1 aromatic rings. The van der Waals surface area contributed by atoms with Crippen molar-refractivity contribution in [3.8, 4) is 0 Å². The van der Waals surface area contributed by atoms with Gasteiger partial charge in [-0.15, -0.1) is 0 Å². The van der Waals surface area contributed by atoms with Crippen LogP contribution < -0.4 is 0 Å². The van der Waals surface area contributed by atoms with Gasteiger partial charge in [-0.1, -0.05) is 32.0 Å². The van der Waals surface area contributed by atoms with Crippen LogP contribution in [0.2, 0.25) is 0 Å². The predicted molar refractivity (Wildman–Crippen MR) is 78.3 cm³/mol. The molecule has 1 atom stereocenters. The van der Waals surface area contributed by atoms with E-state index < -0.39 is 0 Å². The van der Waals surface area contributed by atoms with Crippen LogP contribution in [0.3, 0.4) is 0 Å². The number of rotatable bonds is 6. The highest BCUT2D eigenvalue weighted by molar-refractivity contribution is 5.91. The van der Waals surface area contributed by atoms with E-state index in [1.165, 1.54) is 0 Å². The van der Waals surface area contributed by atoms with E-state index in [0.717, 1.165) is 12.0 Å². The summed E-state index contributed by atoms with van der Waals surface area (Å²) in [5.74, 6) is 0.327. The van der Waals surface area contributed by atoms with Crippen molar-refractivity contribution in [3.63, 3.8) is 0 Å². The molecule has 0 N–H and O–H groups in total. The van der Waals surface area contributed by atoms with E-state index in [1.807, 2.05) is 38.4 Å². The molecule has 0 saturated carbocycles. The third-order valence-corrected chi connectivity index (χ3v) is 3.33. The summed E-state index contributed by atoms with van der Waals surface area (Å²) in [6.45, 7) is 6.81. The summed E-state index contributed by atoms with van der Waals surface area (Å²) in [6.07, 6.45) is 0.900. The molecule has 0 aliphatic rings. The van der Waals surface area contributed by atoms with Crippen LogP contribution in [0.1, 0.15) is 49.2 Å². The fraction of sp³-hybridized carbons (Fsp3) is 0.562. The molecule has 0 saturated heterocycles. The van der Waals surface area contributed by atoms with Gasteiger partial charge in [0.15, 0.2) is 0 Å². The van der Waals surface area contributed by atoms with Gasteiger partial charge in [0.2, 0.25) is 0 Å². The number of carbonyl (C=O) groups is 1. The average molecular weight is 263 g/mol. The lowest BCUT2D eigenvalue weighted by Gasteiger charge is -2.22. The maximum absolute atomic E-state index is 12.1. The Morgan fingerprint density at radius 2 is 1.84 bits per heavy atom. The van der Waals surface area contributed by atoms with Crippen LogP contribution in [-0.4, -0.2) is 31.6 Å². The monoisotopic (exact) mass is 263 g/mol. The van der Waals surface area contributed by atoms with Crippen LogP contribution in [0.4, 0.5) is 0 Å². The van der Waals surface area contributed by atoms with E-state index in [9.17, 15) is 4.79 Å². The normalized spacial score (nSPS) is 12.8. The third-order valence-electron chi connectivity index (χ3n) is 3.33. The fourth-order valence-electron chi connectivity index (χ4n) is 1.79. The number of carbonyl (C=O) groups excluding carboxylic acids is 1. The summed E-state index contributed by atoms with van der Waals surface area (Å²) in [7, 11) is 4.01. The van der Waals surface area contributed by atoms with Crippen molar-refractivity contribution in [2.45, 2.75) is 33.2 Å². The first-order chi connectivity index (χ1) is 8.93. The van der Waals surface area contributed by atoms with Crippen LogP contribution in [0, 0.1) is 5.92 Å². The zero-order valence-corrected chi connectivity index (χ0v) is 12.6. The van der Waals surface area contributed by atoms with Gasteiger partial charge >= 0.3 is 5.97 Å². The Kier molecular flexibility index (Phi) is 6.03. The minimum atomic E-state index is -0.218. The zero-order chi connectivity index (χ0) is 14.4. The number of benzene rings is 1. The molecule has 1 rings (SSSR count). The van der Waals surface area contributed by atoms with Crippen molar-refractivity contribution in [1.82, 2.24) is 4.90 Å². The molecule has 0 bridgehead atoms. The maximum Gasteiger partial charge on any atom is 0.338 e. The zero-order valence-electron chi connectivity index (χ0n) is 12.6. The van der Waals surface area contributed by atoms with Crippen LogP contribution in [-0.2, 0) is 4.74 Å². The fourth-order valence-corrected chi connectivity index (χ4v) is 1.79. The van der Waals surface area contributed by atoms with Crippen LogP contribution in [0.15, 0.2) is 24.3 Å². The lowest BCUT2D eigenvalue weighted by Crippen LogP contribution is -2.20. The Morgan fingerprint density at radius 1 is 1.21 bits per heavy atom. The number of nitrogens with zero attached hydrogens (tertiary/aromatic N) is 1. The number of ether oxygens (including phenoxy) is 1. The molecule has 0 aliphatic carbocycles. The molecule has 106 valence electrons. The Hall–Kier alpha value is -1.35. The van der Waals surface area contributed by atoms with Gasteiger partial charge in [-0.05, 0) is 45.0 Å². The van der Waals surface area contributed by atoms with Gasteiger partial charge in [0, 0.05) is 6.04 Å². The second kappa shape index (κ2) is 7.29. The molecule has 0 aliphatic heterocycles. The van der Waals surface area contributed by atoms with Crippen LogP contribution >= 0.6 is 0 Å². The molecular weight excluding hydrogens is 238 g/mol. The molecule has 0 amide bonds. The summed E-state index contributed by atoms with van der Waals surface area (Å²) in [5.41, 5.74) is 1.69. The van der Waals surface area contributed by atoms with Crippen molar-refractivity contribution in [3.05, 3.63) is 35.4 Å². The molecule has 3 nitrogen and oxygen atoms in total. The smallest absolute Gasteiger partial charge is 0.338 e. The van der Waals surface area contributed by atoms with E-state index >= 15 is 0 Å². The number of hydrogen-bond acceptors (Lipinski definition) is 3. The summed E-state index contributed by atoms with van der Waals surface area (Å²) in [4.78, 5) is 14.2. The second-order valence-electron chi connectivity index (χ2n) is 5.55. The molecular formula is C16H25NO2. The van der Waals surface area contributed by atoms with Crippen molar-refractivity contribution in [2.24, 2.45) is 5.92 Å². The molecule has 3 heteroatoms. The number of esters is 1. The van der Waals surface area contributed by atoms with E-state index in [2.05, 4.69) is 25.7 Å². The van der Waals surface area contributed by atoms with Crippen molar-refractivity contribution < 1.29 is 9.53 Å². The van der Waals surface area contributed by atoms with Crippen LogP contribution in [0.25, 0.3) is 0 Å². The van der Waals surface area contributed by atoms with E-state index in [0.29, 0.717) is 18.1 Å². The molecule has 0 spiro atoms. The first-order valence-electron chi connectivity index (χ1n) is 6.86. The summed E-state index contributed by atoms with van der Waals surface area (Å²) >= 11 is 0. The molecule has 19 heavy (non-hydrogen) atoms. The molecule has 0 heterocycles. The highest BCUT2D eigenvalue weighted by atomic mass is 16.5. The lowest BCUT2D eigenvalue weighted by molar-refractivity contribution is 0.0485. The van der Waals surface area contributed by atoms with E-state index in [4.69, 9.17) is 4.74 Å². The number of hydrogen-bond donors (Lipinski definition) is 0. The maximum atomic E-state index is 12.1. The van der Waals surface area contributed by atoms with Gasteiger partial charge in [-0.3, -0.25) is 0 Å². The third kappa shape index (κ3) is 4.67. The molecule has 0 fully saturated rings. The molecule has 1 aromatic carbocycles. The van der Waals surface area contributed by atoms with Crippen LogP contribution in [0.5, 0.6) is 0 Å². The van der Waals surface area contributed by atoms with Crippen molar-refractivity contribution in [2.75, 3.05) is 20.7 Å². The Morgan fingerprint density at radius 3 is 2.42 bits per heavy atom. The quantitative estimate of drug-likeness (QED) is 0.736. The van der Waals surface area contributed by atoms with Gasteiger partial charge in [0.1, 0.15) is 0 Å². The minimum absolute atomic E-state index is 0.189. The first kappa shape index (κ1) is 15.7. The van der Waals surface area contributed by atoms with Crippen molar-refractivity contribution >= 4 is 5.97 Å². The SMILES string of the molecule is CC(C)CCOC(=O)c1ccccc1C(C)N(C)C. The minimum Gasteiger partial charge on any atom is -0.462 e. The molecule has 0 aromatic heterocycles. The van der Waals surface area contributed by atoms with Crippen molar-refractivity contribution in [1.29, 1.82) is 0 Å². The first-order valence-corrected chi connectivity index (χ1v) is 6.86. The highest BCUT2D eigenvalue weighted by Gasteiger charge is 2.17. The highest BCUT2D eigenvalue weighted by Crippen LogP contribution is 2.22. The van der Waals surface area contributed by atoms with Gasteiger partial charge in [-0.2, -0.15) is 0 Å². The van der Waals surface area contributed by atoms with Gasteiger partial charge < -0.3 is 9.64 Å². The van der Waals surface area contributed by atoms with E-state index in [-0.39, 0.29) is 12.0 Å². The second-order valence-corrected chi connectivity index (χ2v) is 5.55. The molecule has 1 unspecified atom stereocenters. The van der Waals surface area contributed by atoms with Gasteiger partial charge in [-0.25, -0.2) is 4.79 Å². The van der Waals surface area contributed by atoms with Gasteiger partial charge in [0.25, 0.3) is 0 Å². The Labute approximate surface area is 116 Å². The summed E-state index contributed by atoms with van der Waals surface area (Å²) in [6, 6.07) is 7.86. The lowest BCUT2D eigenvalue weighted by atomic mass is 10.0. The Bertz CT molecular complexity index is 413. The topological polar surface area (TPSA) is 29.5 Å². The predicted octanol–water partition coefficient (Wildman–Crippen LogP) is 3.51.